The normalized spacial score (nSPS) is 14.4. The predicted molar refractivity (Wildman–Crippen MR) is 53.2 cm³/mol. The summed E-state index contributed by atoms with van der Waals surface area (Å²) in [6, 6.07) is 0. The van der Waals surface area contributed by atoms with Crippen molar-refractivity contribution in [1.82, 2.24) is 0 Å². The molecule has 0 aliphatic heterocycles. The second-order valence-electron chi connectivity index (χ2n) is 4.23. The lowest BCUT2D eigenvalue weighted by molar-refractivity contribution is -0.121. The molecule has 0 aromatic rings. The fourth-order valence-electron chi connectivity index (χ4n) is 1.42. The molecule has 0 aliphatic rings. The zero-order chi connectivity index (χ0) is 9.78. The van der Waals surface area contributed by atoms with Gasteiger partial charge in [0.1, 0.15) is 5.78 Å². The maximum Gasteiger partial charge on any atom is 0.132 e. The molecule has 0 radical (unpaired) electrons. The van der Waals surface area contributed by atoms with Crippen LogP contribution in [0.2, 0.25) is 0 Å². The lowest BCUT2D eigenvalue weighted by Gasteiger charge is -2.28. The molecule has 0 heterocycles. The van der Waals surface area contributed by atoms with Crippen LogP contribution < -0.4 is 0 Å². The van der Waals surface area contributed by atoms with Crippen LogP contribution in [0.25, 0.3) is 0 Å². The van der Waals surface area contributed by atoms with E-state index in [9.17, 15) is 4.79 Å². The van der Waals surface area contributed by atoms with E-state index in [1.807, 2.05) is 6.92 Å². The van der Waals surface area contributed by atoms with E-state index in [1.165, 1.54) is 12.8 Å². The summed E-state index contributed by atoms with van der Waals surface area (Å²) in [6.45, 7) is 10.4. The van der Waals surface area contributed by atoms with Gasteiger partial charge in [-0.2, -0.15) is 0 Å². The van der Waals surface area contributed by atoms with Crippen molar-refractivity contribution in [1.29, 1.82) is 0 Å². The molecule has 1 atom stereocenters. The van der Waals surface area contributed by atoms with E-state index in [4.69, 9.17) is 0 Å². The van der Waals surface area contributed by atoms with Crippen molar-refractivity contribution in [3.8, 4) is 0 Å². The zero-order valence-electron chi connectivity index (χ0n) is 9.11. The van der Waals surface area contributed by atoms with Crippen LogP contribution in [0.1, 0.15) is 53.9 Å². The Kier molecular flexibility index (Phi) is 4.51. The number of hydrogen-bond acceptors (Lipinski definition) is 1. The number of carbonyl (C=O) groups excluding carboxylic acids is 1. The van der Waals surface area contributed by atoms with E-state index >= 15 is 0 Å². The molecule has 1 nitrogen and oxygen atoms in total. The summed E-state index contributed by atoms with van der Waals surface area (Å²) in [4.78, 5) is 11.1. The van der Waals surface area contributed by atoms with E-state index in [-0.39, 0.29) is 5.92 Å². The first-order chi connectivity index (χ1) is 5.45. The van der Waals surface area contributed by atoms with Gasteiger partial charge < -0.3 is 0 Å². The highest BCUT2D eigenvalue weighted by molar-refractivity contribution is 5.77. The van der Waals surface area contributed by atoms with Gasteiger partial charge >= 0.3 is 0 Å². The van der Waals surface area contributed by atoms with Crippen molar-refractivity contribution < 1.29 is 4.79 Å². The smallest absolute Gasteiger partial charge is 0.132 e. The number of rotatable bonds is 5. The SMILES string of the molecule is CCC(C)(CC)C[C@H](C)C(C)=O. The van der Waals surface area contributed by atoms with Crippen LogP contribution in [0.15, 0.2) is 0 Å². The maximum absolute atomic E-state index is 11.1. The third-order valence-corrected chi connectivity index (χ3v) is 3.20. The van der Waals surface area contributed by atoms with Crippen LogP contribution in [0.5, 0.6) is 0 Å². The molecule has 0 aromatic heterocycles. The van der Waals surface area contributed by atoms with Crippen molar-refractivity contribution in [2.75, 3.05) is 0 Å². The fourth-order valence-corrected chi connectivity index (χ4v) is 1.42. The number of ketones is 1. The molecule has 0 unspecified atom stereocenters. The summed E-state index contributed by atoms with van der Waals surface area (Å²) in [7, 11) is 0. The molecule has 12 heavy (non-hydrogen) atoms. The third-order valence-electron chi connectivity index (χ3n) is 3.20. The van der Waals surface area contributed by atoms with Gasteiger partial charge in [0.25, 0.3) is 0 Å². The first kappa shape index (κ1) is 11.7. The van der Waals surface area contributed by atoms with Crippen molar-refractivity contribution in [3.63, 3.8) is 0 Å². The molecule has 0 amide bonds. The van der Waals surface area contributed by atoms with Gasteiger partial charge in [-0.1, -0.05) is 40.5 Å². The minimum absolute atomic E-state index is 0.231. The molecule has 0 aromatic carbocycles. The molecule has 0 saturated carbocycles. The van der Waals surface area contributed by atoms with Crippen LogP contribution in [0, 0.1) is 11.3 Å². The topological polar surface area (TPSA) is 17.1 Å². The van der Waals surface area contributed by atoms with Crippen LogP contribution in [-0.4, -0.2) is 5.78 Å². The third kappa shape index (κ3) is 3.38. The second-order valence-corrected chi connectivity index (χ2v) is 4.23. The molecule has 0 spiro atoms. The summed E-state index contributed by atoms with van der Waals surface area (Å²) < 4.78 is 0. The average Bonchev–Trinajstić information content (AvgIpc) is 2.04. The first-order valence-electron chi connectivity index (χ1n) is 4.95. The maximum atomic E-state index is 11.1. The fraction of sp³-hybridized carbons (Fsp3) is 0.909. The molecule has 0 N–H and O–H groups in total. The Morgan fingerprint density at radius 1 is 1.33 bits per heavy atom. The Labute approximate surface area is 76.6 Å². The zero-order valence-corrected chi connectivity index (χ0v) is 9.11. The standard InChI is InChI=1S/C11H22O/c1-6-11(5,7-2)8-9(3)10(4)12/h9H,6-8H2,1-5H3/t9-/m0/s1. The van der Waals surface area contributed by atoms with Gasteiger partial charge in [-0.05, 0) is 18.8 Å². The van der Waals surface area contributed by atoms with Crippen molar-refractivity contribution >= 4 is 5.78 Å². The van der Waals surface area contributed by atoms with Gasteiger partial charge in [0.05, 0.1) is 0 Å². The van der Waals surface area contributed by atoms with Crippen molar-refractivity contribution in [2.24, 2.45) is 11.3 Å². The highest BCUT2D eigenvalue weighted by Crippen LogP contribution is 2.33. The van der Waals surface area contributed by atoms with Gasteiger partial charge in [0.2, 0.25) is 0 Å². The summed E-state index contributed by atoms with van der Waals surface area (Å²) >= 11 is 0. The molecular weight excluding hydrogens is 148 g/mol. The van der Waals surface area contributed by atoms with Crippen LogP contribution >= 0.6 is 0 Å². The number of hydrogen-bond donors (Lipinski definition) is 0. The molecule has 0 bridgehead atoms. The average molecular weight is 170 g/mol. The highest BCUT2D eigenvalue weighted by atomic mass is 16.1. The summed E-state index contributed by atoms with van der Waals surface area (Å²) in [5.74, 6) is 0.554. The Morgan fingerprint density at radius 2 is 1.75 bits per heavy atom. The molecule has 0 saturated heterocycles. The second kappa shape index (κ2) is 4.64. The monoisotopic (exact) mass is 170 g/mol. The predicted octanol–water partition coefficient (Wildman–Crippen LogP) is 3.43. The van der Waals surface area contributed by atoms with Gasteiger partial charge in [0.15, 0.2) is 0 Å². The number of Topliss-reactive ketones (excluding diaryl/α,β-unsaturated/α-hetero) is 1. The van der Waals surface area contributed by atoms with E-state index in [0.29, 0.717) is 11.2 Å². The van der Waals surface area contributed by atoms with Gasteiger partial charge in [0, 0.05) is 5.92 Å². The Balaban J connectivity index is 4.11. The van der Waals surface area contributed by atoms with Crippen molar-refractivity contribution in [3.05, 3.63) is 0 Å². The molecular formula is C11H22O. The van der Waals surface area contributed by atoms with Gasteiger partial charge in [-0.3, -0.25) is 4.79 Å². The minimum Gasteiger partial charge on any atom is -0.300 e. The van der Waals surface area contributed by atoms with Gasteiger partial charge in [-0.25, -0.2) is 0 Å². The quantitative estimate of drug-likeness (QED) is 0.618. The van der Waals surface area contributed by atoms with E-state index in [0.717, 1.165) is 6.42 Å². The molecule has 1 heteroatoms. The molecule has 72 valence electrons. The Morgan fingerprint density at radius 3 is 2.00 bits per heavy atom. The summed E-state index contributed by atoms with van der Waals surface area (Å²) in [6.07, 6.45) is 3.37. The van der Waals surface area contributed by atoms with E-state index < -0.39 is 0 Å². The van der Waals surface area contributed by atoms with Crippen LogP contribution in [0.4, 0.5) is 0 Å². The summed E-state index contributed by atoms with van der Waals surface area (Å²) in [5.41, 5.74) is 0.366. The molecule has 0 fully saturated rings. The van der Waals surface area contributed by atoms with Crippen LogP contribution in [-0.2, 0) is 4.79 Å². The number of carbonyl (C=O) groups is 1. The lowest BCUT2D eigenvalue weighted by atomic mass is 9.76. The van der Waals surface area contributed by atoms with Crippen LogP contribution in [0.3, 0.4) is 0 Å². The Hall–Kier alpha value is -0.330. The minimum atomic E-state index is 0.231. The van der Waals surface area contributed by atoms with Crippen molar-refractivity contribution in [2.45, 2.75) is 53.9 Å². The highest BCUT2D eigenvalue weighted by Gasteiger charge is 2.24. The Bertz CT molecular complexity index is 145. The molecule has 0 aliphatic carbocycles. The largest absolute Gasteiger partial charge is 0.300 e. The lowest BCUT2D eigenvalue weighted by Crippen LogP contribution is -2.21. The van der Waals surface area contributed by atoms with E-state index in [2.05, 4.69) is 20.8 Å². The first-order valence-corrected chi connectivity index (χ1v) is 4.95. The van der Waals surface area contributed by atoms with Gasteiger partial charge in [-0.15, -0.1) is 0 Å². The molecule has 0 rings (SSSR count). The van der Waals surface area contributed by atoms with E-state index in [1.54, 1.807) is 6.92 Å². The summed E-state index contributed by atoms with van der Waals surface area (Å²) in [5, 5.41) is 0.